The van der Waals surface area contributed by atoms with Gasteiger partial charge in [0.15, 0.2) is 9.84 Å². The zero-order valence-corrected chi connectivity index (χ0v) is 14.3. The van der Waals surface area contributed by atoms with Crippen LogP contribution in [0.5, 0.6) is 0 Å². The molecule has 0 spiro atoms. The largest absolute Gasteiger partial charge is 0.356 e. The van der Waals surface area contributed by atoms with Crippen molar-refractivity contribution in [2.75, 3.05) is 18.1 Å². The summed E-state index contributed by atoms with van der Waals surface area (Å²) < 4.78 is 22.8. The zero-order chi connectivity index (χ0) is 17.0. The van der Waals surface area contributed by atoms with Crippen LogP contribution in [-0.4, -0.2) is 32.4 Å². The minimum absolute atomic E-state index is 0.0550. The summed E-state index contributed by atoms with van der Waals surface area (Å²) in [5, 5.41) is 2.85. The number of amides is 1. The maximum Gasteiger partial charge on any atom is 0.224 e. The van der Waals surface area contributed by atoms with E-state index >= 15 is 0 Å². The minimum atomic E-state index is -2.88. The fraction of sp³-hybridized carbons (Fsp3) is 0.316. The van der Waals surface area contributed by atoms with Crippen LogP contribution in [0.25, 0.3) is 11.1 Å². The van der Waals surface area contributed by atoms with Crippen LogP contribution in [0.2, 0.25) is 0 Å². The van der Waals surface area contributed by atoms with E-state index in [1.165, 1.54) is 0 Å². The molecule has 0 radical (unpaired) electrons. The quantitative estimate of drug-likeness (QED) is 0.907. The van der Waals surface area contributed by atoms with Crippen molar-refractivity contribution < 1.29 is 13.2 Å². The van der Waals surface area contributed by atoms with Crippen molar-refractivity contribution >= 4 is 15.7 Å². The summed E-state index contributed by atoms with van der Waals surface area (Å²) in [7, 11) is -2.88. The predicted molar refractivity (Wildman–Crippen MR) is 95.4 cm³/mol. The SMILES string of the molecule is O=C(Cc1ccc(-c2ccccc2)cc1)NC[C@H]1CCS(=O)(=O)C1. The molecule has 1 aliphatic rings. The van der Waals surface area contributed by atoms with Gasteiger partial charge < -0.3 is 5.32 Å². The van der Waals surface area contributed by atoms with Crippen LogP contribution in [0.4, 0.5) is 0 Å². The Kier molecular flexibility index (Phi) is 5.00. The second kappa shape index (κ2) is 7.18. The number of carbonyl (C=O) groups is 1. The van der Waals surface area contributed by atoms with Gasteiger partial charge in [0.25, 0.3) is 0 Å². The number of sulfone groups is 1. The summed E-state index contributed by atoms with van der Waals surface area (Å²) in [6, 6.07) is 18.0. The van der Waals surface area contributed by atoms with Crippen molar-refractivity contribution in [3.05, 3.63) is 60.2 Å². The third-order valence-electron chi connectivity index (χ3n) is 4.34. The molecule has 0 aliphatic carbocycles. The average Bonchev–Trinajstić information content (AvgIpc) is 2.94. The van der Waals surface area contributed by atoms with Gasteiger partial charge in [0, 0.05) is 6.54 Å². The standard InChI is InChI=1S/C19H21NO3S/c21-19(20-13-16-10-11-24(22,23)14-16)12-15-6-8-18(9-7-15)17-4-2-1-3-5-17/h1-9,16H,10-14H2,(H,20,21)/t16-/m1/s1. The molecule has 0 aromatic heterocycles. The number of carbonyl (C=O) groups excluding carboxylic acids is 1. The lowest BCUT2D eigenvalue weighted by molar-refractivity contribution is -0.120. The minimum Gasteiger partial charge on any atom is -0.356 e. The summed E-state index contributed by atoms with van der Waals surface area (Å²) in [6.45, 7) is 0.445. The number of hydrogen-bond donors (Lipinski definition) is 1. The molecule has 1 aliphatic heterocycles. The Morgan fingerprint density at radius 1 is 1.00 bits per heavy atom. The van der Waals surface area contributed by atoms with Gasteiger partial charge in [0.05, 0.1) is 17.9 Å². The Labute approximate surface area is 142 Å². The summed E-state index contributed by atoms with van der Waals surface area (Å²) >= 11 is 0. The fourth-order valence-corrected chi connectivity index (χ4v) is 4.85. The third-order valence-corrected chi connectivity index (χ3v) is 6.18. The van der Waals surface area contributed by atoms with Crippen molar-refractivity contribution in [1.29, 1.82) is 0 Å². The number of hydrogen-bond acceptors (Lipinski definition) is 3. The molecule has 24 heavy (non-hydrogen) atoms. The molecule has 3 rings (SSSR count). The van der Waals surface area contributed by atoms with Gasteiger partial charge in [0.2, 0.25) is 5.91 Å². The Balaban J connectivity index is 1.51. The lowest BCUT2D eigenvalue weighted by Crippen LogP contribution is -2.30. The van der Waals surface area contributed by atoms with E-state index in [2.05, 4.69) is 17.4 Å². The highest BCUT2D eigenvalue weighted by atomic mass is 32.2. The number of nitrogens with one attached hydrogen (secondary N) is 1. The van der Waals surface area contributed by atoms with E-state index in [4.69, 9.17) is 0 Å². The first-order valence-electron chi connectivity index (χ1n) is 8.13. The summed E-state index contributed by atoms with van der Waals surface area (Å²) in [5.74, 6) is 0.430. The maximum absolute atomic E-state index is 12.0. The van der Waals surface area contributed by atoms with Gasteiger partial charge in [0.1, 0.15) is 0 Å². The van der Waals surface area contributed by atoms with Gasteiger partial charge in [-0.15, -0.1) is 0 Å². The molecule has 4 nitrogen and oxygen atoms in total. The lowest BCUT2D eigenvalue weighted by atomic mass is 10.0. The smallest absolute Gasteiger partial charge is 0.224 e. The van der Waals surface area contributed by atoms with Crippen LogP contribution >= 0.6 is 0 Å². The molecular formula is C19H21NO3S. The first-order chi connectivity index (χ1) is 11.5. The van der Waals surface area contributed by atoms with Crippen LogP contribution < -0.4 is 5.32 Å². The molecule has 1 fully saturated rings. The molecule has 1 saturated heterocycles. The Hall–Kier alpha value is -2.14. The number of benzene rings is 2. The second-order valence-corrected chi connectivity index (χ2v) is 8.54. The molecule has 1 amide bonds. The van der Waals surface area contributed by atoms with Crippen molar-refractivity contribution in [3.8, 4) is 11.1 Å². The Morgan fingerprint density at radius 2 is 1.67 bits per heavy atom. The van der Waals surface area contributed by atoms with Gasteiger partial charge in [-0.25, -0.2) is 8.42 Å². The van der Waals surface area contributed by atoms with E-state index in [-0.39, 0.29) is 23.3 Å². The predicted octanol–water partition coefficient (Wildman–Crippen LogP) is 2.45. The van der Waals surface area contributed by atoms with Crippen LogP contribution in [0, 0.1) is 5.92 Å². The van der Waals surface area contributed by atoms with Crippen molar-refractivity contribution in [1.82, 2.24) is 5.32 Å². The molecule has 5 heteroatoms. The Bertz CT molecular complexity index is 798. The lowest BCUT2D eigenvalue weighted by Gasteiger charge is -2.10. The highest BCUT2D eigenvalue weighted by molar-refractivity contribution is 7.91. The van der Waals surface area contributed by atoms with Crippen LogP contribution in [-0.2, 0) is 21.1 Å². The highest BCUT2D eigenvalue weighted by Crippen LogP contribution is 2.20. The van der Waals surface area contributed by atoms with Gasteiger partial charge in [-0.2, -0.15) is 0 Å². The summed E-state index contributed by atoms with van der Waals surface area (Å²) in [5.41, 5.74) is 3.22. The summed E-state index contributed by atoms with van der Waals surface area (Å²) in [4.78, 5) is 12.0. The van der Waals surface area contributed by atoms with E-state index in [1.807, 2.05) is 42.5 Å². The molecule has 126 valence electrons. The molecule has 0 unspecified atom stereocenters. The van der Waals surface area contributed by atoms with E-state index in [0.29, 0.717) is 19.4 Å². The van der Waals surface area contributed by atoms with Crippen LogP contribution in [0.1, 0.15) is 12.0 Å². The first-order valence-corrected chi connectivity index (χ1v) is 9.95. The molecule has 2 aromatic carbocycles. The summed E-state index contributed by atoms with van der Waals surface area (Å²) in [6.07, 6.45) is 0.961. The van der Waals surface area contributed by atoms with Crippen LogP contribution in [0.15, 0.2) is 54.6 Å². The third kappa shape index (κ3) is 4.45. The molecule has 1 N–H and O–H groups in total. The van der Waals surface area contributed by atoms with Gasteiger partial charge in [-0.1, -0.05) is 54.6 Å². The Morgan fingerprint density at radius 3 is 2.29 bits per heavy atom. The number of rotatable bonds is 5. The van der Waals surface area contributed by atoms with E-state index < -0.39 is 9.84 Å². The highest BCUT2D eigenvalue weighted by Gasteiger charge is 2.27. The van der Waals surface area contributed by atoms with E-state index in [1.54, 1.807) is 0 Å². The maximum atomic E-state index is 12.0. The van der Waals surface area contributed by atoms with E-state index in [9.17, 15) is 13.2 Å². The molecule has 0 bridgehead atoms. The van der Waals surface area contributed by atoms with Gasteiger partial charge in [-0.05, 0) is 29.0 Å². The fourth-order valence-electron chi connectivity index (χ4n) is 2.98. The normalized spacial score (nSPS) is 19.1. The van der Waals surface area contributed by atoms with Gasteiger partial charge in [-0.3, -0.25) is 4.79 Å². The van der Waals surface area contributed by atoms with E-state index in [0.717, 1.165) is 16.7 Å². The molecular weight excluding hydrogens is 322 g/mol. The topological polar surface area (TPSA) is 63.2 Å². The van der Waals surface area contributed by atoms with Crippen molar-refractivity contribution in [3.63, 3.8) is 0 Å². The molecule has 2 aromatic rings. The first kappa shape index (κ1) is 16.7. The average molecular weight is 343 g/mol. The van der Waals surface area contributed by atoms with Gasteiger partial charge >= 0.3 is 0 Å². The molecule has 1 atom stereocenters. The monoisotopic (exact) mass is 343 g/mol. The van der Waals surface area contributed by atoms with Crippen molar-refractivity contribution in [2.45, 2.75) is 12.8 Å². The zero-order valence-electron chi connectivity index (χ0n) is 13.4. The second-order valence-electron chi connectivity index (χ2n) is 6.31. The molecule has 1 heterocycles. The van der Waals surface area contributed by atoms with Crippen molar-refractivity contribution in [2.24, 2.45) is 5.92 Å². The molecule has 0 saturated carbocycles. The van der Waals surface area contributed by atoms with Crippen LogP contribution in [0.3, 0.4) is 0 Å².